The minimum atomic E-state index is -0.0126. The molecule has 0 saturated heterocycles. The molecule has 3 heteroatoms. The molecule has 14 heavy (non-hydrogen) atoms. The molecule has 1 nitrogen and oxygen atoms in total. The summed E-state index contributed by atoms with van der Waals surface area (Å²) in [4.78, 5) is 11.2. The Kier molecular flexibility index (Phi) is 5.05. The van der Waals surface area contributed by atoms with Gasteiger partial charge < -0.3 is 0 Å². The van der Waals surface area contributed by atoms with Crippen molar-refractivity contribution in [1.82, 2.24) is 0 Å². The van der Waals surface area contributed by atoms with Gasteiger partial charge in [0.2, 0.25) is 0 Å². The highest BCUT2D eigenvalue weighted by atomic mass is 35.5. The molecule has 0 bridgehead atoms. The molecule has 0 saturated carbocycles. The van der Waals surface area contributed by atoms with Crippen LogP contribution < -0.4 is 0 Å². The zero-order valence-electron chi connectivity index (χ0n) is 8.13. The molecule has 1 rings (SSSR count). The highest BCUT2D eigenvalue weighted by Crippen LogP contribution is 2.13. The average molecular weight is 229 g/mol. The molecule has 0 spiro atoms. The van der Waals surface area contributed by atoms with Gasteiger partial charge in [-0.3, -0.25) is 4.79 Å². The van der Waals surface area contributed by atoms with Crippen LogP contribution in [0.3, 0.4) is 0 Å². The minimum absolute atomic E-state index is 0.0126. The summed E-state index contributed by atoms with van der Waals surface area (Å²) in [5, 5.41) is 0. The van der Waals surface area contributed by atoms with E-state index in [1.807, 2.05) is 36.0 Å². The number of halogens is 1. The molecule has 0 N–H and O–H groups in total. The van der Waals surface area contributed by atoms with Crippen molar-refractivity contribution in [2.45, 2.75) is 12.7 Å². The second kappa shape index (κ2) is 6.10. The van der Waals surface area contributed by atoms with Crippen LogP contribution in [0.1, 0.15) is 22.8 Å². The topological polar surface area (TPSA) is 17.1 Å². The molecule has 0 aromatic heterocycles. The quantitative estimate of drug-likeness (QED) is 0.568. The number of benzene rings is 1. The van der Waals surface area contributed by atoms with E-state index in [1.165, 1.54) is 5.56 Å². The SMILES string of the molecule is CCSCc1ccc(C(=O)CCl)cc1. The van der Waals surface area contributed by atoms with E-state index in [-0.39, 0.29) is 11.7 Å². The number of hydrogen-bond acceptors (Lipinski definition) is 2. The van der Waals surface area contributed by atoms with Crippen LogP contribution in [0, 0.1) is 0 Å². The predicted octanol–water partition coefficient (Wildman–Crippen LogP) is 3.36. The largest absolute Gasteiger partial charge is 0.293 e. The Hall–Kier alpha value is -0.470. The highest BCUT2D eigenvalue weighted by Gasteiger charge is 2.02. The number of hydrogen-bond donors (Lipinski definition) is 0. The van der Waals surface area contributed by atoms with Crippen molar-refractivity contribution in [2.75, 3.05) is 11.6 Å². The van der Waals surface area contributed by atoms with Gasteiger partial charge in [-0.1, -0.05) is 31.2 Å². The summed E-state index contributed by atoms with van der Waals surface area (Å²) in [5.41, 5.74) is 1.95. The van der Waals surface area contributed by atoms with Crippen molar-refractivity contribution in [3.8, 4) is 0 Å². The van der Waals surface area contributed by atoms with Crippen LogP contribution >= 0.6 is 23.4 Å². The van der Waals surface area contributed by atoms with Gasteiger partial charge in [-0.15, -0.1) is 11.6 Å². The van der Waals surface area contributed by atoms with E-state index in [2.05, 4.69) is 6.92 Å². The molecule has 0 aliphatic rings. The minimum Gasteiger partial charge on any atom is -0.293 e. The summed E-state index contributed by atoms with van der Waals surface area (Å²) < 4.78 is 0. The zero-order chi connectivity index (χ0) is 10.4. The van der Waals surface area contributed by atoms with Crippen LogP contribution in [0.4, 0.5) is 0 Å². The van der Waals surface area contributed by atoms with E-state index in [4.69, 9.17) is 11.6 Å². The Balaban J connectivity index is 2.63. The van der Waals surface area contributed by atoms with E-state index in [0.717, 1.165) is 11.5 Å². The molecular weight excluding hydrogens is 216 g/mol. The third kappa shape index (κ3) is 3.35. The summed E-state index contributed by atoms with van der Waals surface area (Å²) in [7, 11) is 0. The standard InChI is InChI=1S/C11H13ClOS/c1-2-14-8-9-3-5-10(6-4-9)11(13)7-12/h3-6H,2,7-8H2,1H3. The first-order valence-corrected chi connectivity index (χ1v) is 6.22. The van der Waals surface area contributed by atoms with Crippen LogP contribution in [0.2, 0.25) is 0 Å². The molecule has 0 radical (unpaired) electrons. The molecule has 0 aliphatic carbocycles. The Labute approximate surface area is 93.8 Å². The molecule has 1 aromatic carbocycles. The van der Waals surface area contributed by atoms with Crippen LogP contribution in [-0.2, 0) is 5.75 Å². The molecule has 0 fully saturated rings. The van der Waals surface area contributed by atoms with Gasteiger partial charge >= 0.3 is 0 Å². The summed E-state index contributed by atoms with van der Waals surface area (Å²) in [5.74, 6) is 2.17. The van der Waals surface area contributed by atoms with Gasteiger partial charge in [-0.05, 0) is 11.3 Å². The third-order valence-electron chi connectivity index (χ3n) is 1.87. The lowest BCUT2D eigenvalue weighted by Crippen LogP contribution is -1.99. The van der Waals surface area contributed by atoms with Crippen LogP contribution in [0.15, 0.2) is 24.3 Å². The van der Waals surface area contributed by atoms with Crippen LogP contribution in [-0.4, -0.2) is 17.4 Å². The molecule has 0 atom stereocenters. The highest BCUT2D eigenvalue weighted by molar-refractivity contribution is 7.98. The van der Waals surface area contributed by atoms with E-state index in [9.17, 15) is 4.79 Å². The maximum absolute atomic E-state index is 11.2. The van der Waals surface area contributed by atoms with Gasteiger partial charge in [0.15, 0.2) is 5.78 Å². The lowest BCUT2D eigenvalue weighted by atomic mass is 10.1. The fourth-order valence-electron chi connectivity index (χ4n) is 1.08. The zero-order valence-corrected chi connectivity index (χ0v) is 9.70. The second-order valence-electron chi connectivity index (χ2n) is 2.89. The van der Waals surface area contributed by atoms with Gasteiger partial charge in [-0.25, -0.2) is 0 Å². The first-order valence-electron chi connectivity index (χ1n) is 4.53. The lowest BCUT2D eigenvalue weighted by Gasteiger charge is -2.01. The van der Waals surface area contributed by atoms with Crippen molar-refractivity contribution in [1.29, 1.82) is 0 Å². The Bertz CT molecular complexity index is 295. The summed E-state index contributed by atoms with van der Waals surface area (Å²) in [6.45, 7) is 2.13. The molecular formula is C11H13ClOS. The number of rotatable bonds is 5. The summed E-state index contributed by atoms with van der Waals surface area (Å²) in [6.07, 6.45) is 0. The number of carbonyl (C=O) groups excluding carboxylic acids is 1. The summed E-state index contributed by atoms with van der Waals surface area (Å²) in [6, 6.07) is 7.66. The number of thioether (sulfide) groups is 1. The van der Waals surface area contributed by atoms with Crippen LogP contribution in [0.5, 0.6) is 0 Å². The van der Waals surface area contributed by atoms with Crippen molar-refractivity contribution in [3.05, 3.63) is 35.4 Å². The molecule has 0 aliphatic heterocycles. The van der Waals surface area contributed by atoms with Crippen molar-refractivity contribution >= 4 is 29.1 Å². The van der Waals surface area contributed by atoms with Crippen molar-refractivity contribution < 1.29 is 4.79 Å². The average Bonchev–Trinajstić information content (AvgIpc) is 2.26. The third-order valence-corrected chi connectivity index (χ3v) is 3.06. The first kappa shape index (κ1) is 11.6. The number of carbonyl (C=O) groups is 1. The molecule has 0 amide bonds. The fraction of sp³-hybridized carbons (Fsp3) is 0.364. The smallest absolute Gasteiger partial charge is 0.177 e. The maximum atomic E-state index is 11.2. The van der Waals surface area contributed by atoms with E-state index in [0.29, 0.717) is 5.56 Å². The van der Waals surface area contributed by atoms with Crippen molar-refractivity contribution in [2.24, 2.45) is 0 Å². The normalized spacial score (nSPS) is 10.1. The molecule has 76 valence electrons. The van der Waals surface area contributed by atoms with E-state index >= 15 is 0 Å². The van der Waals surface area contributed by atoms with Crippen molar-refractivity contribution in [3.63, 3.8) is 0 Å². The Morgan fingerprint density at radius 1 is 1.36 bits per heavy atom. The number of Topliss-reactive ketones (excluding diaryl/α,β-unsaturated/α-hetero) is 1. The number of ketones is 1. The fourth-order valence-corrected chi connectivity index (χ4v) is 1.87. The molecule has 0 unspecified atom stereocenters. The number of alkyl halides is 1. The van der Waals surface area contributed by atoms with E-state index in [1.54, 1.807) is 0 Å². The first-order chi connectivity index (χ1) is 6.77. The Morgan fingerprint density at radius 2 is 2.00 bits per heavy atom. The van der Waals surface area contributed by atoms with Crippen LogP contribution in [0.25, 0.3) is 0 Å². The van der Waals surface area contributed by atoms with Gasteiger partial charge in [0, 0.05) is 11.3 Å². The van der Waals surface area contributed by atoms with E-state index < -0.39 is 0 Å². The second-order valence-corrected chi connectivity index (χ2v) is 4.43. The summed E-state index contributed by atoms with van der Waals surface area (Å²) >= 11 is 7.33. The Morgan fingerprint density at radius 3 is 2.50 bits per heavy atom. The molecule has 1 aromatic rings. The maximum Gasteiger partial charge on any atom is 0.177 e. The monoisotopic (exact) mass is 228 g/mol. The van der Waals surface area contributed by atoms with Gasteiger partial charge in [-0.2, -0.15) is 11.8 Å². The predicted molar refractivity (Wildman–Crippen MR) is 63.3 cm³/mol. The lowest BCUT2D eigenvalue weighted by molar-refractivity contribution is 0.102. The van der Waals surface area contributed by atoms with Gasteiger partial charge in [0.05, 0.1) is 5.88 Å². The van der Waals surface area contributed by atoms with Gasteiger partial charge in [0.1, 0.15) is 0 Å². The van der Waals surface area contributed by atoms with Gasteiger partial charge in [0.25, 0.3) is 0 Å². The molecule has 0 heterocycles.